The molecule has 0 atom stereocenters. The van der Waals surface area contributed by atoms with E-state index in [1.807, 2.05) is 36.2 Å². The summed E-state index contributed by atoms with van der Waals surface area (Å²) >= 11 is 0. The van der Waals surface area contributed by atoms with Crippen molar-refractivity contribution in [3.8, 4) is 0 Å². The Morgan fingerprint density at radius 1 is 0.966 bits per heavy atom. The molecule has 6 nitrogen and oxygen atoms in total. The number of nitrogens with one attached hydrogen (secondary N) is 2. The largest absolute Gasteiger partial charge is 0.355 e. The summed E-state index contributed by atoms with van der Waals surface area (Å²) in [6.07, 6.45) is 2.58. The van der Waals surface area contributed by atoms with Crippen LogP contribution in [0.15, 0.2) is 48.5 Å². The summed E-state index contributed by atoms with van der Waals surface area (Å²) in [4.78, 5) is 28.4. The number of carbonyl (C=O) groups is 2. The van der Waals surface area contributed by atoms with Gasteiger partial charge in [0.25, 0.3) is 5.91 Å². The van der Waals surface area contributed by atoms with Gasteiger partial charge in [-0.1, -0.05) is 24.3 Å². The predicted molar refractivity (Wildman–Crippen MR) is 116 cm³/mol. The van der Waals surface area contributed by atoms with Crippen LogP contribution in [-0.2, 0) is 17.9 Å². The quantitative estimate of drug-likeness (QED) is 0.723. The molecule has 2 amide bonds. The Morgan fingerprint density at radius 2 is 1.59 bits per heavy atom. The Balaban J connectivity index is 1.45. The van der Waals surface area contributed by atoms with E-state index in [0.717, 1.165) is 17.8 Å². The number of carbonyl (C=O) groups excluding carboxylic acids is 2. The van der Waals surface area contributed by atoms with Gasteiger partial charge in [0.1, 0.15) is 0 Å². The van der Waals surface area contributed by atoms with Crippen LogP contribution < -0.4 is 10.6 Å². The first-order valence-corrected chi connectivity index (χ1v) is 10.1. The summed E-state index contributed by atoms with van der Waals surface area (Å²) < 4.78 is 0. The fraction of sp³-hybridized carbons (Fsp3) is 0.391. The van der Waals surface area contributed by atoms with Gasteiger partial charge in [0.15, 0.2) is 0 Å². The van der Waals surface area contributed by atoms with Crippen LogP contribution in [0.4, 0.5) is 5.69 Å². The van der Waals surface area contributed by atoms with Gasteiger partial charge in [-0.3, -0.25) is 19.4 Å². The van der Waals surface area contributed by atoms with Crippen LogP contribution in [0.5, 0.6) is 0 Å². The minimum Gasteiger partial charge on any atom is -0.355 e. The van der Waals surface area contributed by atoms with E-state index in [1.54, 1.807) is 19.2 Å². The molecule has 2 aromatic rings. The molecule has 1 aliphatic rings. The maximum Gasteiger partial charge on any atom is 0.251 e. The number of nitrogens with zero attached hydrogens (tertiary/aromatic N) is 2. The van der Waals surface area contributed by atoms with Crippen molar-refractivity contribution >= 4 is 17.5 Å². The topological polar surface area (TPSA) is 64.7 Å². The highest BCUT2D eigenvalue weighted by Crippen LogP contribution is 2.15. The third-order valence-electron chi connectivity index (χ3n) is 5.15. The fourth-order valence-electron chi connectivity index (χ4n) is 3.61. The van der Waals surface area contributed by atoms with E-state index < -0.39 is 0 Å². The number of anilines is 1. The van der Waals surface area contributed by atoms with Crippen LogP contribution >= 0.6 is 0 Å². The summed E-state index contributed by atoms with van der Waals surface area (Å²) in [5.41, 5.74) is 3.79. The van der Waals surface area contributed by atoms with Crippen molar-refractivity contribution < 1.29 is 9.59 Å². The monoisotopic (exact) mass is 394 g/mol. The molecule has 0 spiro atoms. The highest BCUT2D eigenvalue weighted by Gasteiger charge is 2.12. The maximum atomic E-state index is 12.3. The van der Waals surface area contributed by atoms with Gasteiger partial charge in [-0.15, -0.1) is 0 Å². The number of likely N-dealkylation sites (N-methyl/N-ethyl adjacent to an activating group) is 1. The van der Waals surface area contributed by atoms with Crippen LogP contribution in [0.3, 0.4) is 0 Å². The number of likely N-dealkylation sites (tertiary alicyclic amines) is 1. The summed E-state index contributed by atoms with van der Waals surface area (Å²) in [7, 11) is 3.52. The first-order chi connectivity index (χ1) is 14.0. The molecule has 154 valence electrons. The van der Waals surface area contributed by atoms with E-state index >= 15 is 0 Å². The Bertz CT molecular complexity index is 812. The molecule has 1 aliphatic heterocycles. The lowest BCUT2D eigenvalue weighted by Gasteiger charge is -2.17. The molecule has 0 aromatic heterocycles. The molecular formula is C23H30N4O2. The lowest BCUT2D eigenvalue weighted by molar-refractivity contribution is -0.117. The molecule has 0 bridgehead atoms. The van der Waals surface area contributed by atoms with Gasteiger partial charge >= 0.3 is 0 Å². The summed E-state index contributed by atoms with van der Waals surface area (Å²) in [5.74, 6) is -0.141. The van der Waals surface area contributed by atoms with E-state index in [9.17, 15) is 9.59 Å². The summed E-state index contributed by atoms with van der Waals surface area (Å²) in [5, 5.41) is 5.57. The molecule has 6 heteroatoms. The Labute approximate surface area is 172 Å². The number of amides is 2. The average Bonchev–Trinajstić information content (AvgIpc) is 3.22. The highest BCUT2D eigenvalue weighted by atomic mass is 16.2. The Kier molecular flexibility index (Phi) is 7.38. The molecule has 0 saturated carbocycles. The Hall–Kier alpha value is -2.70. The lowest BCUT2D eigenvalue weighted by atomic mass is 10.1. The maximum absolute atomic E-state index is 12.3. The van der Waals surface area contributed by atoms with Crippen molar-refractivity contribution in [3.05, 3.63) is 65.2 Å². The normalized spacial score (nSPS) is 14.2. The van der Waals surface area contributed by atoms with Crippen LogP contribution in [-0.4, -0.2) is 55.3 Å². The zero-order chi connectivity index (χ0) is 20.6. The third-order valence-corrected chi connectivity index (χ3v) is 5.15. The lowest BCUT2D eigenvalue weighted by Crippen LogP contribution is -2.29. The second kappa shape index (κ2) is 10.2. The predicted octanol–water partition coefficient (Wildman–Crippen LogP) is 2.71. The van der Waals surface area contributed by atoms with Crippen LogP contribution in [0.25, 0.3) is 0 Å². The molecule has 0 unspecified atom stereocenters. The van der Waals surface area contributed by atoms with Gasteiger partial charge in [0, 0.05) is 31.4 Å². The minimum atomic E-state index is -0.101. The van der Waals surface area contributed by atoms with E-state index in [0.29, 0.717) is 18.7 Å². The summed E-state index contributed by atoms with van der Waals surface area (Å²) in [6, 6.07) is 15.5. The smallest absolute Gasteiger partial charge is 0.251 e. The Morgan fingerprint density at radius 3 is 2.21 bits per heavy atom. The average molecular weight is 395 g/mol. The second-order valence-corrected chi connectivity index (χ2v) is 7.68. The standard InChI is InChI=1S/C23H30N4O2/c1-24-23(29)20-9-5-18(6-10-20)15-26(2)17-22(28)25-21-11-7-19(8-12-21)16-27-13-3-4-14-27/h5-12H,3-4,13-17H2,1-2H3,(H,24,29)(H,25,28). The number of hydrogen-bond acceptors (Lipinski definition) is 4. The molecule has 29 heavy (non-hydrogen) atoms. The number of rotatable bonds is 8. The van der Waals surface area contributed by atoms with Crippen LogP contribution in [0, 0.1) is 0 Å². The molecule has 1 saturated heterocycles. The van der Waals surface area contributed by atoms with Crippen molar-refractivity contribution in [1.29, 1.82) is 0 Å². The van der Waals surface area contributed by atoms with Crippen molar-refractivity contribution in [2.24, 2.45) is 0 Å². The first-order valence-electron chi connectivity index (χ1n) is 10.1. The van der Waals surface area contributed by atoms with Gasteiger partial charge < -0.3 is 10.6 Å². The van der Waals surface area contributed by atoms with Crippen LogP contribution in [0.1, 0.15) is 34.3 Å². The number of benzene rings is 2. The summed E-state index contributed by atoms with van der Waals surface area (Å²) in [6.45, 7) is 4.28. The fourth-order valence-corrected chi connectivity index (χ4v) is 3.61. The van der Waals surface area contributed by atoms with Crippen molar-refractivity contribution in [2.75, 3.05) is 39.0 Å². The van der Waals surface area contributed by atoms with E-state index in [4.69, 9.17) is 0 Å². The van der Waals surface area contributed by atoms with Gasteiger partial charge in [-0.25, -0.2) is 0 Å². The van der Waals surface area contributed by atoms with Crippen molar-refractivity contribution in [3.63, 3.8) is 0 Å². The zero-order valence-corrected chi connectivity index (χ0v) is 17.3. The SMILES string of the molecule is CNC(=O)c1ccc(CN(C)CC(=O)Nc2ccc(CN3CCCC3)cc2)cc1. The number of hydrogen-bond donors (Lipinski definition) is 2. The minimum absolute atomic E-state index is 0.0400. The molecule has 0 aliphatic carbocycles. The molecule has 1 fully saturated rings. The third kappa shape index (κ3) is 6.41. The molecule has 0 radical (unpaired) electrons. The molecule has 1 heterocycles. The van der Waals surface area contributed by atoms with Gasteiger partial charge in [-0.05, 0) is 68.4 Å². The highest BCUT2D eigenvalue weighted by molar-refractivity contribution is 5.94. The second-order valence-electron chi connectivity index (χ2n) is 7.68. The van der Waals surface area contributed by atoms with Crippen molar-refractivity contribution in [1.82, 2.24) is 15.1 Å². The van der Waals surface area contributed by atoms with E-state index in [2.05, 4.69) is 27.7 Å². The van der Waals surface area contributed by atoms with Crippen molar-refractivity contribution in [2.45, 2.75) is 25.9 Å². The molecule has 2 aromatic carbocycles. The van der Waals surface area contributed by atoms with E-state index in [-0.39, 0.29) is 11.8 Å². The van der Waals surface area contributed by atoms with Gasteiger partial charge in [-0.2, -0.15) is 0 Å². The van der Waals surface area contributed by atoms with E-state index in [1.165, 1.54) is 31.5 Å². The first kappa shape index (κ1) is 21.0. The van der Waals surface area contributed by atoms with Gasteiger partial charge in [0.05, 0.1) is 6.54 Å². The molecule has 3 rings (SSSR count). The molecular weight excluding hydrogens is 364 g/mol. The molecule has 2 N–H and O–H groups in total. The zero-order valence-electron chi connectivity index (χ0n) is 17.3. The van der Waals surface area contributed by atoms with Gasteiger partial charge in [0.2, 0.25) is 5.91 Å². The van der Waals surface area contributed by atoms with Crippen LogP contribution in [0.2, 0.25) is 0 Å².